The molecule has 0 bridgehead atoms. The topological polar surface area (TPSA) is 79.5 Å². The minimum atomic E-state index is -0.460. The first-order chi connectivity index (χ1) is 13.0. The summed E-state index contributed by atoms with van der Waals surface area (Å²) in [5, 5.41) is 9.26. The number of halogens is 1. The molecule has 27 heavy (non-hydrogen) atoms. The van der Waals surface area contributed by atoms with E-state index < -0.39 is 6.04 Å². The van der Waals surface area contributed by atoms with Crippen molar-refractivity contribution in [3.8, 4) is 5.75 Å². The predicted molar refractivity (Wildman–Crippen MR) is 108 cm³/mol. The molecule has 3 rings (SSSR count). The summed E-state index contributed by atoms with van der Waals surface area (Å²) in [7, 11) is 1.54. The second-order valence-electron chi connectivity index (χ2n) is 6.55. The van der Waals surface area contributed by atoms with Gasteiger partial charge in [0.05, 0.1) is 12.1 Å². The molecular weight excluding hydrogens is 366 g/mol. The van der Waals surface area contributed by atoms with Gasteiger partial charge in [0.15, 0.2) is 0 Å². The first-order valence-corrected chi connectivity index (χ1v) is 9.16. The summed E-state index contributed by atoms with van der Waals surface area (Å²) in [6.45, 7) is 1.77. The van der Waals surface area contributed by atoms with E-state index in [1.54, 1.807) is 25.1 Å². The highest BCUT2D eigenvalue weighted by molar-refractivity contribution is 6.32. The monoisotopic (exact) mass is 387 g/mol. The molecule has 0 aromatic heterocycles. The van der Waals surface area contributed by atoms with Gasteiger partial charge in [0.1, 0.15) is 11.8 Å². The van der Waals surface area contributed by atoms with Gasteiger partial charge in [-0.05, 0) is 62.2 Å². The zero-order valence-corrected chi connectivity index (χ0v) is 16.0. The average Bonchev–Trinajstić information content (AvgIpc) is 3.48. The number of benzene rings is 2. The molecule has 1 atom stereocenters. The molecule has 7 heteroatoms. The second kappa shape index (κ2) is 8.31. The van der Waals surface area contributed by atoms with Gasteiger partial charge in [0.25, 0.3) is 0 Å². The van der Waals surface area contributed by atoms with Crippen molar-refractivity contribution >= 4 is 40.5 Å². The number of carbonyl (C=O) groups excluding carboxylic acids is 2. The lowest BCUT2D eigenvalue weighted by atomic mass is 10.2. The van der Waals surface area contributed by atoms with E-state index in [0.29, 0.717) is 16.5 Å². The van der Waals surface area contributed by atoms with Crippen LogP contribution in [0.3, 0.4) is 0 Å². The van der Waals surface area contributed by atoms with Crippen molar-refractivity contribution in [3.63, 3.8) is 0 Å². The Kier molecular flexibility index (Phi) is 5.86. The number of nitrogens with one attached hydrogen (secondary N) is 3. The number of methoxy groups -OCH3 is 1. The summed E-state index contributed by atoms with van der Waals surface area (Å²) >= 11 is 6.07. The number of carbonyl (C=O) groups is 2. The molecule has 0 aliphatic heterocycles. The van der Waals surface area contributed by atoms with Crippen LogP contribution in [0, 0.1) is 5.92 Å². The van der Waals surface area contributed by atoms with E-state index in [9.17, 15) is 9.59 Å². The van der Waals surface area contributed by atoms with Crippen molar-refractivity contribution in [2.45, 2.75) is 25.8 Å². The highest BCUT2D eigenvalue weighted by Gasteiger charge is 2.29. The molecule has 0 unspecified atom stereocenters. The van der Waals surface area contributed by atoms with Gasteiger partial charge in [0.2, 0.25) is 11.8 Å². The largest absolute Gasteiger partial charge is 0.495 e. The van der Waals surface area contributed by atoms with Crippen LogP contribution in [0.2, 0.25) is 5.02 Å². The number of hydrogen-bond donors (Lipinski definition) is 3. The Labute approximate surface area is 163 Å². The smallest absolute Gasteiger partial charge is 0.246 e. The molecule has 3 N–H and O–H groups in total. The van der Waals surface area contributed by atoms with Gasteiger partial charge in [0, 0.05) is 23.0 Å². The lowest BCUT2D eigenvalue weighted by Gasteiger charge is -2.16. The van der Waals surface area contributed by atoms with Crippen LogP contribution in [-0.2, 0) is 9.59 Å². The normalized spacial score (nSPS) is 14.2. The average molecular weight is 388 g/mol. The first kappa shape index (κ1) is 19.0. The molecule has 1 aliphatic rings. The summed E-state index contributed by atoms with van der Waals surface area (Å²) < 4.78 is 5.10. The fourth-order valence-corrected chi connectivity index (χ4v) is 2.81. The Hall–Kier alpha value is -2.73. The van der Waals surface area contributed by atoms with Crippen molar-refractivity contribution in [1.82, 2.24) is 0 Å². The van der Waals surface area contributed by atoms with Crippen LogP contribution < -0.4 is 20.7 Å². The third-order valence-corrected chi connectivity index (χ3v) is 4.59. The molecule has 2 aromatic rings. The van der Waals surface area contributed by atoms with Crippen LogP contribution in [-0.4, -0.2) is 25.0 Å². The maximum Gasteiger partial charge on any atom is 0.246 e. The lowest BCUT2D eigenvalue weighted by Crippen LogP contribution is -2.31. The fourth-order valence-electron chi connectivity index (χ4n) is 2.55. The Balaban J connectivity index is 1.54. The van der Waals surface area contributed by atoms with E-state index in [0.717, 1.165) is 24.2 Å². The van der Waals surface area contributed by atoms with Crippen LogP contribution in [0.15, 0.2) is 42.5 Å². The molecule has 2 amide bonds. The van der Waals surface area contributed by atoms with E-state index in [1.165, 1.54) is 7.11 Å². The van der Waals surface area contributed by atoms with Crippen LogP contribution in [0.25, 0.3) is 0 Å². The number of anilines is 3. The van der Waals surface area contributed by atoms with Gasteiger partial charge in [-0.2, -0.15) is 0 Å². The minimum absolute atomic E-state index is 0.0709. The standard InChI is InChI=1S/C20H22ClN3O3/c1-12(19(25)24-16-9-10-18(27-2)17(21)11-16)22-14-5-7-15(8-6-14)23-20(26)13-3-4-13/h5-13,22H,3-4H2,1-2H3,(H,23,26)(H,24,25)/t12-/m1/s1. The van der Waals surface area contributed by atoms with Gasteiger partial charge < -0.3 is 20.7 Å². The highest BCUT2D eigenvalue weighted by atomic mass is 35.5. The van der Waals surface area contributed by atoms with Crippen LogP contribution in [0.5, 0.6) is 5.75 Å². The third kappa shape index (κ3) is 5.14. The third-order valence-electron chi connectivity index (χ3n) is 4.30. The Bertz CT molecular complexity index is 835. The van der Waals surface area contributed by atoms with E-state index in [4.69, 9.17) is 16.3 Å². The fraction of sp³-hybridized carbons (Fsp3) is 0.300. The van der Waals surface area contributed by atoms with Gasteiger partial charge in [-0.3, -0.25) is 9.59 Å². The highest BCUT2D eigenvalue weighted by Crippen LogP contribution is 2.30. The van der Waals surface area contributed by atoms with E-state index in [-0.39, 0.29) is 17.7 Å². The SMILES string of the molecule is COc1ccc(NC(=O)[C@@H](C)Nc2ccc(NC(=O)C3CC3)cc2)cc1Cl. The summed E-state index contributed by atoms with van der Waals surface area (Å²) in [5.74, 6) is 0.594. The van der Waals surface area contributed by atoms with Crippen molar-refractivity contribution in [2.24, 2.45) is 5.92 Å². The van der Waals surface area contributed by atoms with Crippen molar-refractivity contribution in [1.29, 1.82) is 0 Å². The molecule has 0 heterocycles. The van der Waals surface area contributed by atoms with Crippen molar-refractivity contribution in [3.05, 3.63) is 47.5 Å². The summed E-state index contributed by atoms with van der Waals surface area (Å²) in [6.07, 6.45) is 1.94. The minimum Gasteiger partial charge on any atom is -0.495 e. The first-order valence-electron chi connectivity index (χ1n) is 8.78. The molecule has 1 saturated carbocycles. The van der Waals surface area contributed by atoms with Crippen molar-refractivity contribution in [2.75, 3.05) is 23.1 Å². The van der Waals surface area contributed by atoms with Crippen LogP contribution in [0.4, 0.5) is 17.1 Å². The quantitative estimate of drug-likeness (QED) is 0.667. The molecule has 2 aromatic carbocycles. The molecule has 1 fully saturated rings. The zero-order chi connectivity index (χ0) is 19.4. The molecule has 1 aliphatic carbocycles. The Morgan fingerprint density at radius 1 is 1.04 bits per heavy atom. The summed E-state index contributed by atoms with van der Waals surface area (Å²) in [5.41, 5.74) is 2.13. The maximum atomic E-state index is 12.4. The molecule has 0 saturated heterocycles. The number of ether oxygens (including phenoxy) is 1. The molecule has 0 spiro atoms. The second-order valence-corrected chi connectivity index (χ2v) is 6.95. The molecule has 6 nitrogen and oxygen atoms in total. The number of hydrogen-bond acceptors (Lipinski definition) is 4. The summed E-state index contributed by atoms with van der Waals surface area (Å²) in [4.78, 5) is 24.1. The van der Waals surface area contributed by atoms with Gasteiger partial charge in [-0.25, -0.2) is 0 Å². The number of amides is 2. The predicted octanol–water partition coefficient (Wildman–Crippen LogP) is 4.14. The van der Waals surface area contributed by atoms with E-state index >= 15 is 0 Å². The maximum absolute atomic E-state index is 12.4. The van der Waals surface area contributed by atoms with Gasteiger partial charge in [-0.1, -0.05) is 11.6 Å². The lowest BCUT2D eigenvalue weighted by molar-refractivity contribution is -0.117. The Morgan fingerprint density at radius 3 is 2.26 bits per heavy atom. The Morgan fingerprint density at radius 2 is 1.67 bits per heavy atom. The van der Waals surface area contributed by atoms with Crippen LogP contribution in [0.1, 0.15) is 19.8 Å². The number of rotatable bonds is 7. The molecular formula is C20H22ClN3O3. The van der Waals surface area contributed by atoms with Gasteiger partial charge in [-0.15, -0.1) is 0 Å². The van der Waals surface area contributed by atoms with E-state index in [2.05, 4.69) is 16.0 Å². The van der Waals surface area contributed by atoms with E-state index in [1.807, 2.05) is 24.3 Å². The molecule has 142 valence electrons. The van der Waals surface area contributed by atoms with Crippen LogP contribution >= 0.6 is 11.6 Å². The van der Waals surface area contributed by atoms with Gasteiger partial charge >= 0.3 is 0 Å². The van der Waals surface area contributed by atoms with Crippen molar-refractivity contribution < 1.29 is 14.3 Å². The molecule has 0 radical (unpaired) electrons. The zero-order valence-electron chi connectivity index (χ0n) is 15.2. The summed E-state index contributed by atoms with van der Waals surface area (Å²) in [6, 6.07) is 11.9.